The lowest BCUT2D eigenvalue weighted by molar-refractivity contribution is -0.133. The molecule has 26 heavy (non-hydrogen) atoms. The first-order valence-corrected chi connectivity index (χ1v) is 9.46. The minimum absolute atomic E-state index is 0.0908. The third-order valence-electron chi connectivity index (χ3n) is 6.68. The SMILES string of the molecule is O=C1C[C@H]2C3=CCO[C@H]4CC(=O)n5c(c(c6ccccc65)CCN1C3)[C@H]42. The van der Waals surface area contributed by atoms with Gasteiger partial charge in [0, 0.05) is 42.4 Å². The molecule has 5 nitrogen and oxygen atoms in total. The number of benzene rings is 1. The number of para-hydroxylation sites is 1. The Hall–Kier alpha value is -2.40. The van der Waals surface area contributed by atoms with Crippen molar-refractivity contribution in [3.8, 4) is 0 Å². The van der Waals surface area contributed by atoms with Gasteiger partial charge in [-0.05, 0) is 23.6 Å². The Morgan fingerprint density at radius 2 is 1.96 bits per heavy atom. The largest absolute Gasteiger partial charge is 0.373 e. The highest BCUT2D eigenvalue weighted by Gasteiger charge is 2.48. The zero-order valence-electron chi connectivity index (χ0n) is 14.5. The molecule has 6 heterocycles. The maximum absolute atomic E-state index is 13.0. The molecule has 1 aromatic heterocycles. The van der Waals surface area contributed by atoms with Crippen LogP contribution in [-0.4, -0.2) is 47.1 Å². The van der Waals surface area contributed by atoms with Crippen LogP contribution in [0.1, 0.15) is 34.8 Å². The fourth-order valence-electron chi connectivity index (χ4n) is 5.56. The molecule has 0 unspecified atom stereocenters. The van der Waals surface area contributed by atoms with Gasteiger partial charge in [-0.1, -0.05) is 24.3 Å². The van der Waals surface area contributed by atoms with Crippen molar-refractivity contribution in [3.05, 3.63) is 47.2 Å². The predicted octanol–water partition coefficient (Wildman–Crippen LogP) is 2.50. The van der Waals surface area contributed by atoms with Gasteiger partial charge in [0.15, 0.2) is 0 Å². The van der Waals surface area contributed by atoms with E-state index in [2.05, 4.69) is 12.1 Å². The first-order chi connectivity index (χ1) is 12.7. The van der Waals surface area contributed by atoms with Crippen LogP contribution in [0.25, 0.3) is 10.9 Å². The number of rotatable bonds is 0. The molecule has 5 aliphatic heterocycles. The van der Waals surface area contributed by atoms with Crippen molar-refractivity contribution in [3.63, 3.8) is 0 Å². The molecule has 1 aromatic carbocycles. The van der Waals surface area contributed by atoms with E-state index in [1.165, 1.54) is 11.1 Å². The molecule has 1 saturated heterocycles. The average molecular weight is 348 g/mol. The summed E-state index contributed by atoms with van der Waals surface area (Å²) < 4.78 is 8.07. The van der Waals surface area contributed by atoms with Crippen LogP contribution in [0.5, 0.6) is 0 Å². The zero-order chi connectivity index (χ0) is 17.4. The van der Waals surface area contributed by atoms with E-state index in [9.17, 15) is 9.59 Å². The molecule has 0 spiro atoms. The van der Waals surface area contributed by atoms with Crippen molar-refractivity contribution in [2.45, 2.75) is 31.3 Å². The molecule has 1 amide bonds. The molecule has 3 atom stereocenters. The van der Waals surface area contributed by atoms with Crippen LogP contribution >= 0.6 is 0 Å². The number of ether oxygens (including phenoxy) is 1. The van der Waals surface area contributed by atoms with Crippen LogP contribution in [0.2, 0.25) is 0 Å². The highest BCUT2D eigenvalue weighted by molar-refractivity contribution is 5.98. The molecule has 5 heteroatoms. The Balaban J connectivity index is 1.70. The topological polar surface area (TPSA) is 51.5 Å². The highest BCUT2D eigenvalue weighted by Crippen LogP contribution is 2.48. The standard InChI is InChI=1S/C21H20N2O3/c24-18-9-15-12-6-8-26-17-10-19(25)23-16-4-2-1-3-13(16)14(21(23)20(15)17)5-7-22(18)11-12/h1-4,6,15,17,20H,5,7-11H2/t15-,17-,20-/m0/s1. The van der Waals surface area contributed by atoms with Crippen LogP contribution in [0.3, 0.4) is 0 Å². The second-order valence-corrected chi connectivity index (χ2v) is 7.87. The lowest BCUT2D eigenvalue weighted by Gasteiger charge is -2.40. The number of hydrogen-bond acceptors (Lipinski definition) is 3. The van der Waals surface area contributed by atoms with Gasteiger partial charge in [-0.3, -0.25) is 14.2 Å². The molecule has 5 aliphatic rings. The van der Waals surface area contributed by atoms with Crippen molar-refractivity contribution in [1.82, 2.24) is 9.47 Å². The molecule has 0 radical (unpaired) electrons. The highest BCUT2D eigenvalue weighted by atomic mass is 16.5. The van der Waals surface area contributed by atoms with Gasteiger partial charge in [0.2, 0.25) is 11.8 Å². The van der Waals surface area contributed by atoms with Gasteiger partial charge in [0.1, 0.15) is 0 Å². The number of carbonyl (C=O) groups excluding carboxylic acids is 2. The van der Waals surface area contributed by atoms with Crippen molar-refractivity contribution < 1.29 is 14.3 Å². The summed E-state index contributed by atoms with van der Waals surface area (Å²) in [6, 6.07) is 8.20. The summed E-state index contributed by atoms with van der Waals surface area (Å²) in [5.41, 5.74) is 4.67. The molecule has 2 aromatic rings. The first kappa shape index (κ1) is 14.7. The maximum Gasteiger partial charge on any atom is 0.233 e. The summed E-state index contributed by atoms with van der Waals surface area (Å²) in [6.45, 7) is 1.97. The Labute approximate surface area is 151 Å². The minimum atomic E-state index is -0.130. The number of nitrogens with zero attached hydrogens (tertiary/aromatic N) is 2. The van der Waals surface area contributed by atoms with Crippen molar-refractivity contribution in [2.75, 3.05) is 19.7 Å². The summed E-state index contributed by atoms with van der Waals surface area (Å²) >= 11 is 0. The normalized spacial score (nSPS) is 29.9. The van der Waals surface area contributed by atoms with E-state index in [4.69, 9.17) is 4.74 Å². The van der Waals surface area contributed by atoms with Crippen LogP contribution in [0.15, 0.2) is 35.9 Å². The summed E-state index contributed by atoms with van der Waals surface area (Å²) in [5, 5.41) is 1.15. The molecule has 1 fully saturated rings. The minimum Gasteiger partial charge on any atom is -0.373 e. The number of fused-ring (bicyclic) bond motifs is 4. The molecule has 0 saturated carbocycles. The molecule has 0 N–H and O–H groups in total. The van der Waals surface area contributed by atoms with Gasteiger partial charge in [0.05, 0.1) is 24.6 Å². The van der Waals surface area contributed by atoms with Gasteiger partial charge in [-0.15, -0.1) is 0 Å². The van der Waals surface area contributed by atoms with Crippen molar-refractivity contribution in [1.29, 1.82) is 0 Å². The molecular weight excluding hydrogens is 328 g/mol. The summed E-state index contributed by atoms with van der Waals surface area (Å²) in [6.07, 6.45) is 3.75. The van der Waals surface area contributed by atoms with E-state index in [-0.39, 0.29) is 29.8 Å². The van der Waals surface area contributed by atoms with Gasteiger partial charge >= 0.3 is 0 Å². The molecule has 4 bridgehead atoms. The van der Waals surface area contributed by atoms with Crippen LogP contribution in [-0.2, 0) is 16.0 Å². The van der Waals surface area contributed by atoms with Crippen LogP contribution < -0.4 is 0 Å². The van der Waals surface area contributed by atoms with E-state index < -0.39 is 0 Å². The second-order valence-electron chi connectivity index (χ2n) is 7.87. The zero-order valence-corrected chi connectivity index (χ0v) is 14.5. The third kappa shape index (κ3) is 1.79. The lowest BCUT2D eigenvalue weighted by Crippen LogP contribution is -2.44. The molecule has 7 rings (SSSR count). The fourth-order valence-corrected chi connectivity index (χ4v) is 5.56. The Bertz CT molecular complexity index is 1000. The Morgan fingerprint density at radius 1 is 1.08 bits per heavy atom. The van der Waals surface area contributed by atoms with Crippen molar-refractivity contribution >= 4 is 22.7 Å². The van der Waals surface area contributed by atoms with Gasteiger partial charge < -0.3 is 9.64 Å². The van der Waals surface area contributed by atoms with E-state index in [1.54, 1.807) is 0 Å². The molecule has 0 aliphatic carbocycles. The number of piperidine rings is 1. The van der Waals surface area contributed by atoms with E-state index >= 15 is 0 Å². The lowest BCUT2D eigenvalue weighted by atomic mass is 9.74. The average Bonchev–Trinajstić information content (AvgIpc) is 2.91. The summed E-state index contributed by atoms with van der Waals surface area (Å²) in [4.78, 5) is 27.7. The maximum atomic E-state index is 13.0. The smallest absolute Gasteiger partial charge is 0.233 e. The monoisotopic (exact) mass is 348 g/mol. The van der Waals surface area contributed by atoms with Crippen molar-refractivity contribution in [2.24, 2.45) is 5.92 Å². The Kier molecular flexibility index (Phi) is 2.87. The van der Waals surface area contributed by atoms with Gasteiger partial charge in [-0.2, -0.15) is 0 Å². The molecular formula is C21H20N2O3. The Morgan fingerprint density at radius 3 is 2.88 bits per heavy atom. The predicted molar refractivity (Wildman–Crippen MR) is 96.1 cm³/mol. The van der Waals surface area contributed by atoms with E-state index in [0.717, 1.165) is 29.6 Å². The number of carbonyl (C=O) groups is 2. The van der Waals surface area contributed by atoms with E-state index in [1.807, 2.05) is 27.7 Å². The van der Waals surface area contributed by atoms with Crippen LogP contribution in [0, 0.1) is 5.92 Å². The van der Waals surface area contributed by atoms with E-state index in [0.29, 0.717) is 26.0 Å². The number of aromatic nitrogens is 1. The molecule has 132 valence electrons. The second kappa shape index (κ2) is 5.07. The fraction of sp³-hybridized carbons (Fsp3) is 0.429. The van der Waals surface area contributed by atoms with Gasteiger partial charge in [-0.25, -0.2) is 0 Å². The number of amides is 1. The quantitative estimate of drug-likeness (QED) is 0.688. The summed E-state index contributed by atoms with van der Waals surface area (Å²) in [7, 11) is 0. The third-order valence-corrected chi connectivity index (χ3v) is 6.68. The van der Waals surface area contributed by atoms with Gasteiger partial charge in [0.25, 0.3) is 0 Å². The number of hydrogen-bond donors (Lipinski definition) is 0. The summed E-state index contributed by atoms with van der Waals surface area (Å²) in [5.74, 6) is 0.602. The van der Waals surface area contributed by atoms with Crippen LogP contribution in [0.4, 0.5) is 0 Å². The first-order valence-electron chi connectivity index (χ1n) is 9.46.